The maximum Gasteiger partial charge on any atom is 0.223 e. The van der Waals surface area contributed by atoms with Gasteiger partial charge >= 0.3 is 0 Å². The van der Waals surface area contributed by atoms with Crippen LogP contribution >= 0.6 is 11.6 Å². The third kappa shape index (κ3) is 3.24. The van der Waals surface area contributed by atoms with Crippen LogP contribution in [-0.2, 0) is 11.3 Å². The Bertz CT molecular complexity index is 612. The van der Waals surface area contributed by atoms with Crippen molar-refractivity contribution < 1.29 is 4.79 Å². The standard InChI is InChI=1S/C17H17ClN2O/c18-14-9-7-13(8-10-14)16-5-3-6-17(21)20(16)12-15-4-1-2-11-19-15/h1-2,4,7-11,16H,3,5-6,12H2/t16-/m0/s1. The maximum atomic E-state index is 12.3. The molecule has 1 aromatic carbocycles. The molecule has 0 spiro atoms. The van der Waals surface area contributed by atoms with Crippen LogP contribution in [0.1, 0.15) is 36.6 Å². The molecule has 0 saturated carbocycles. The first-order chi connectivity index (χ1) is 10.2. The summed E-state index contributed by atoms with van der Waals surface area (Å²) in [6.07, 6.45) is 4.31. The lowest BCUT2D eigenvalue weighted by atomic mass is 9.94. The van der Waals surface area contributed by atoms with Crippen LogP contribution in [-0.4, -0.2) is 15.8 Å². The summed E-state index contributed by atoms with van der Waals surface area (Å²) in [5.74, 6) is 0.201. The van der Waals surface area contributed by atoms with Crippen molar-refractivity contribution in [3.8, 4) is 0 Å². The minimum absolute atomic E-state index is 0.116. The SMILES string of the molecule is O=C1CCC[C@@H](c2ccc(Cl)cc2)N1Cc1ccccn1. The van der Waals surface area contributed by atoms with Crippen molar-refractivity contribution >= 4 is 17.5 Å². The molecule has 1 atom stereocenters. The van der Waals surface area contributed by atoms with Gasteiger partial charge in [0.2, 0.25) is 5.91 Å². The molecule has 1 saturated heterocycles. The predicted molar refractivity (Wildman–Crippen MR) is 82.8 cm³/mol. The molecule has 3 rings (SSSR count). The fourth-order valence-electron chi connectivity index (χ4n) is 2.82. The Morgan fingerprint density at radius 3 is 2.71 bits per heavy atom. The Kier molecular flexibility index (Phi) is 4.20. The van der Waals surface area contributed by atoms with E-state index in [4.69, 9.17) is 11.6 Å². The van der Waals surface area contributed by atoms with Crippen molar-refractivity contribution in [2.75, 3.05) is 0 Å². The molecule has 4 heteroatoms. The molecule has 0 bridgehead atoms. The molecule has 0 radical (unpaired) electrons. The van der Waals surface area contributed by atoms with Gasteiger partial charge in [-0.1, -0.05) is 29.8 Å². The molecule has 1 aliphatic rings. The fourth-order valence-corrected chi connectivity index (χ4v) is 2.94. The normalized spacial score (nSPS) is 18.8. The molecule has 0 aliphatic carbocycles. The third-order valence-corrected chi connectivity index (χ3v) is 4.13. The molecule has 1 aromatic heterocycles. The monoisotopic (exact) mass is 300 g/mol. The van der Waals surface area contributed by atoms with Gasteiger partial charge in [0.25, 0.3) is 0 Å². The number of nitrogens with zero attached hydrogens (tertiary/aromatic N) is 2. The Labute approximate surface area is 129 Å². The van der Waals surface area contributed by atoms with Gasteiger partial charge in [0.1, 0.15) is 0 Å². The van der Waals surface area contributed by atoms with Gasteiger partial charge in [-0.2, -0.15) is 0 Å². The lowest BCUT2D eigenvalue weighted by Crippen LogP contribution is -2.37. The molecule has 0 N–H and O–H groups in total. The number of carbonyl (C=O) groups is 1. The van der Waals surface area contributed by atoms with E-state index in [0.29, 0.717) is 13.0 Å². The van der Waals surface area contributed by atoms with Crippen molar-refractivity contribution in [2.24, 2.45) is 0 Å². The van der Waals surface area contributed by atoms with Crippen LogP contribution in [0.2, 0.25) is 5.02 Å². The number of amides is 1. The quantitative estimate of drug-likeness (QED) is 0.859. The van der Waals surface area contributed by atoms with E-state index >= 15 is 0 Å². The summed E-state index contributed by atoms with van der Waals surface area (Å²) in [6.45, 7) is 0.562. The van der Waals surface area contributed by atoms with Crippen LogP contribution in [0.5, 0.6) is 0 Å². The molecule has 1 fully saturated rings. The number of hydrogen-bond donors (Lipinski definition) is 0. The van der Waals surface area contributed by atoms with Crippen LogP contribution < -0.4 is 0 Å². The summed E-state index contributed by atoms with van der Waals surface area (Å²) >= 11 is 5.95. The highest BCUT2D eigenvalue weighted by atomic mass is 35.5. The van der Waals surface area contributed by atoms with Gasteiger partial charge in [-0.3, -0.25) is 9.78 Å². The summed E-state index contributed by atoms with van der Waals surface area (Å²) in [7, 11) is 0. The number of rotatable bonds is 3. The number of piperidine rings is 1. The molecule has 108 valence electrons. The van der Waals surface area contributed by atoms with Gasteiger partial charge in [-0.05, 0) is 42.7 Å². The van der Waals surface area contributed by atoms with E-state index in [1.54, 1.807) is 6.20 Å². The van der Waals surface area contributed by atoms with Gasteiger partial charge in [0.05, 0.1) is 18.3 Å². The zero-order valence-electron chi connectivity index (χ0n) is 11.7. The summed E-state index contributed by atoms with van der Waals surface area (Å²) in [6, 6.07) is 13.7. The zero-order valence-corrected chi connectivity index (χ0v) is 12.5. The number of benzene rings is 1. The Morgan fingerprint density at radius 1 is 1.19 bits per heavy atom. The van der Waals surface area contributed by atoms with Crippen molar-refractivity contribution in [1.29, 1.82) is 0 Å². The topological polar surface area (TPSA) is 33.2 Å². The van der Waals surface area contributed by atoms with E-state index in [-0.39, 0.29) is 11.9 Å². The Morgan fingerprint density at radius 2 is 2.00 bits per heavy atom. The number of hydrogen-bond acceptors (Lipinski definition) is 2. The molecular formula is C17H17ClN2O. The van der Waals surface area contributed by atoms with Crippen LogP contribution in [0.25, 0.3) is 0 Å². The summed E-state index contributed by atoms with van der Waals surface area (Å²) in [5.41, 5.74) is 2.06. The minimum atomic E-state index is 0.116. The van der Waals surface area contributed by atoms with E-state index < -0.39 is 0 Å². The Hall–Kier alpha value is -1.87. The number of pyridine rings is 1. The molecule has 1 amide bonds. The van der Waals surface area contributed by atoms with Crippen molar-refractivity contribution in [3.63, 3.8) is 0 Å². The van der Waals surface area contributed by atoms with Gasteiger partial charge in [0, 0.05) is 17.6 Å². The smallest absolute Gasteiger partial charge is 0.223 e. The molecule has 2 heterocycles. The highest BCUT2D eigenvalue weighted by Gasteiger charge is 2.29. The number of likely N-dealkylation sites (tertiary alicyclic amines) is 1. The van der Waals surface area contributed by atoms with Crippen molar-refractivity contribution in [1.82, 2.24) is 9.88 Å². The number of aromatic nitrogens is 1. The lowest BCUT2D eigenvalue weighted by molar-refractivity contribution is -0.137. The largest absolute Gasteiger partial charge is 0.330 e. The van der Waals surface area contributed by atoms with Crippen LogP contribution in [0.4, 0.5) is 0 Å². The zero-order chi connectivity index (χ0) is 14.7. The third-order valence-electron chi connectivity index (χ3n) is 3.88. The van der Waals surface area contributed by atoms with Gasteiger partial charge in [-0.15, -0.1) is 0 Å². The van der Waals surface area contributed by atoms with Crippen molar-refractivity contribution in [2.45, 2.75) is 31.8 Å². The van der Waals surface area contributed by atoms with Crippen LogP contribution in [0.15, 0.2) is 48.7 Å². The first kappa shape index (κ1) is 14.1. The molecule has 21 heavy (non-hydrogen) atoms. The lowest BCUT2D eigenvalue weighted by Gasteiger charge is -2.36. The molecule has 1 aliphatic heterocycles. The van der Waals surface area contributed by atoms with Gasteiger partial charge < -0.3 is 4.90 Å². The van der Waals surface area contributed by atoms with Gasteiger partial charge in [-0.25, -0.2) is 0 Å². The second kappa shape index (κ2) is 6.27. The second-order valence-corrected chi connectivity index (χ2v) is 5.74. The highest BCUT2D eigenvalue weighted by Crippen LogP contribution is 2.33. The van der Waals surface area contributed by atoms with E-state index in [9.17, 15) is 4.79 Å². The van der Waals surface area contributed by atoms with E-state index in [2.05, 4.69) is 4.98 Å². The first-order valence-corrected chi connectivity index (χ1v) is 7.56. The first-order valence-electron chi connectivity index (χ1n) is 7.19. The van der Waals surface area contributed by atoms with E-state index in [1.807, 2.05) is 47.4 Å². The predicted octanol–water partition coefficient (Wildman–Crippen LogP) is 3.99. The average Bonchev–Trinajstić information content (AvgIpc) is 2.51. The number of halogens is 1. The highest BCUT2D eigenvalue weighted by molar-refractivity contribution is 6.30. The summed E-state index contributed by atoms with van der Waals surface area (Å²) in [4.78, 5) is 18.6. The summed E-state index contributed by atoms with van der Waals surface area (Å²) in [5, 5.41) is 0.720. The van der Waals surface area contributed by atoms with Gasteiger partial charge in [0.15, 0.2) is 0 Å². The Balaban J connectivity index is 1.86. The summed E-state index contributed by atoms with van der Waals surface area (Å²) < 4.78 is 0. The minimum Gasteiger partial charge on any atom is -0.330 e. The van der Waals surface area contributed by atoms with Crippen molar-refractivity contribution in [3.05, 3.63) is 64.9 Å². The molecule has 0 unspecified atom stereocenters. The molecule has 3 nitrogen and oxygen atoms in total. The maximum absolute atomic E-state index is 12.3. The second-order valence-electron chi connectivity index (χ2n) is 5.30. The van der Waals surface area contributed by atoms with Crippen LogP contribution in [0, 0.1) is 0 Å². The van der Waals surface area contributed by atoms with E-state index in [1.165, 1.54) is 0 Å². The molecular weight excluding hydrogens is 284 g/mol. The van der Waals surface area contributed by atoms with E-state index in [0.717, 1.165) is 29.1 Å². The number of carbonyl (C=O) groups excluding carboxylic acids is 1. The fraction of sp³-hybridized carbons (Fsp3) is 0.294. The van der Waals surface area contributed by atoms with Crippen LogP contribution in [0.3, 0.4) is 0 Å². The molecule has 2 aromatic rings. The average molecular weight is 301 g/mol.